The molecule has 0 aliphatic heterocycles. The Balaban J connectivity index is 2.31. The summed E-state index contributed by atoms with van der Waals surface area (Å²) in [5.74, 6) is -1.01. The Morgan fingerprint density at radius 3 is 2.50 bits per heavy atom. The quantitative estimate of drug-likeness (QED) is 0.669. The Morgan fingerprint density at radius 1 is 1.27 bits per heavy atom. The van der Waals surface area contributed by atoms with Crippen molar-refractivity contribution in [3.05, 3.63) is 38.8 Å². The Labute approximate surface area is 131 Å². The Kier molecular flexibility index (Phi) is 4.46. The molecule has 6 nitrogen and oxygen atoms in total. The minimum atomic E-state index is -0.505. The zero-order chi connectivity index (χ0) is 16.4. The fourth-order valence-electron chi connectivity index (χ4n) is 2.35. The zero-order valence-corrected chi connectivity index (χ0v) is 13.5. The van der Waals surface area contributed by atoms with Gasteiger partial charge in [-0.05, 0) is 37.8 Å². The summed E-state index contributed by atoms with van der Waals surface area (Å²) in [6, 6.07) is 1.63. The first-order valence-corrected chi connectivity index (χ1v) is 7.42. The molecular weight excluding hydrogens is 304 g/mol. The molecule has 2 N–H and O–H groups in total. The number of aryl methyl sites for hydroxylation is 1. The Morgan fingerprint density at radius 2 is 1.95 bits per heavy atom. The second kappa shape index (κ2) is 6.15. The highest BCUT2D eigenvalue weighted by molar-refractivity contribution is 7.12. The number of nitrogens with one attached hydrogen (secondary N) is 2. The van der Waals surface area contributed by atoms with Crippen LogP contribution in [0.4, 0.5) is 5.69 Å². The lowest BCUT2D eigenvalue weighted by Gasteiger charge is -2.05. The zero-order valence-electron chi connectivity index (χ0n) is 12.7. The number of aromatic amines is 1. The van der Waals surface area contributed by atoms with Crippen LogP contribution in [0.2, 0.25) is 0 Å². The van der Waals surface area contributed by atoms with Gasteiger partial charge < -0.3 is 15.0 Å². The Hall–Kier alpha value is -2.41. The fraction of sp³-hybridized carbons (Fsp3) is 0.267. The van der Waals surface area contributed by atoms with E-state index in [4.69, 9.17) is 0 Å². The first kappa shape index (κ1) is 16.0. The molecule has 0 bridgehead atoms. The van der Waals surface area contributed by atoms with E-state index < -0.39 is 11.9 Å². The van der Waals surface area contributed by atoms with E-state index in [0.29, 0.717) is 33.1 Å². The van der Waals surface area contributed by atoms with Gasteiger partial charge in [0.1, 0.15) is 10.6 Å². The van der Waals surface area contributed by atoms with Gasteiger partial charge in [0.05, 0.1) is 12.8 Å². The molecule has 0 aliphatic carbocycles. The molecule has 0 radical (unpaired) electrons. The highest BCUT2D eigenvalue weighted by Crippen LogP contribution is 2.25. The smallest absolute Gasteiger partial charge is 0.350 e. The van der Waals surface area contributed by atoms with Gasteiger partial charge in [0.25, 0.3) is 5.91 Å². The SMILES string of the molecule is COC(=O)c1sccc1NC(=O)c1[nH]c(C)c(C(C)=O)c1C. The highest BCUT2D eigenvalue weighted by atomic mass is 32.1. The van der Waals surface area contributed by atoms with Crippen molar-refractivity contribution in [2.24, 2.45) is 0 Å². The number of rotatable bonds is 4. The van der Waals surface area contributed by atoms with Gasteiger partial charge in [0.15, 0.2) is 5.78 Å². The van der Waals surface area contributed by atoms with Crippen molar-refractivity contribution in [2.45, 2.75) is 20.8 Å². The summed E-state index contributed by atoms with van der Waals surface area (Å²) in [4.78, 5) is 38.9. The third kappa shape index (κ3) is 2.80. The number of amides is 1. The van der Waals surface area contributed by atoms with Crippen molar-refractivity contribution in [1.29, 1.82) is 0 Å². The number of methoxy groups -OCH3 is 1. The largest absolute Gasteiger partial charge is 0.465 e. The van der Waals surface area contributed by atoms with Gasteiger partial charge in [-0.3, -0.25) is 9.59 Å². The monoisotopic (exact) mass is 320 g/mol. The topological polar surface area (TPSA) is 88.3 Å². The average molecular weight is 320 g/mol. The molecule has 0 fully saturated rings. The second-order valence-corrected chi connectivity index (χ2v) is 5.71. The van der Waals surface area contributed by atoms with Crippen LogP contribution < -0.4 is 5.32 Å². The van der Waals surface area contributed by atoms with Crippen LogP contribution in [0, 0.1) is 13.8 Å². The molecule has 0 unspecified atom stereocenters. The van der Waals surface area contributed by atoms with Crippen molar-refractivity contribution in [3.8, 4) is 0 Å². The third-order valence-electron chi connectivity index (χ3n) is 3.30. The maximum absolute atomic E-state index is 12.4. The van der Waals surface area contributed by atoms with Crippen molar-refractivity contribution in [2.75, 3.05) is 12.4 Å². The normalized spacial score (nSPS) is 10.4. The van der Waals surface area contributed by atoms with E-state index in [0.717, 1.165) is 0 Å². The molecule has 2 rings (SSSR count). The predicted molar refractivity (Wildman–Crippen MR) is 83.9 cm³/mol. The number of H-pyrrole nitrogens is 1. The van der Waals surface area contributed by atoms with Crippen LogP contribution in [0.25, 0.3) is 0 Å². The standard InChI is InChI=1S/C15H16N2O4S/c1-7-11(9(3)18)8(2)16-12(7)14(19)17-10-5-6-22-13(10)15(20)21-4/h5-6,16H,1-4H3,(H,17,19). The van der Waals surface area contributed by atoms with Gasteiger partial charge in [0.2, 0.25) is 0 Å². The van der Waals surface area contributed by atoms with Crippen molar-refractivity contribution in [1.82, 2.24) is 4.98 Å². The molecule has 0 atom stereocenters. The van der Waals surface area contributed by atoms with Gasteiger partial charge in [-0.25, -0.2) is 4.79 Å². The molecule has 2 aromatic heterocycles. The maximum atomic E-state index is 12.4. The van der Waals surface area contributed by atoms with Crippen LogP contribution in [0.3, 0.4) is 0 Å². The van der Waals surface area contributed by atoms with E-state index in [1.807, 2.05) is 0 Å². The Bertz CT molecular complexity index is 758. The van der Waals surface area contributed by atoms with E-state index >= 15 is 0 Å². The molecule has 116 valence electrons. The van der Waals surface area contributed by atoms with E-state index in [-0.39, 0.29) is 5.78 Å². The number of Topliss-reactive ketones (excluding diaryl/α,β-unsaturated/α-hetero) is 1. The molecular formula is C15H16N2O4S. The molecule has 22 heavy (non-hydrogen) atoms. The molecule has 0 saturated heterocycles. The average Bonchev–Trinajstić information content (AvgIpc) is 3.02. The maximum Gasteiger partial charge on any atom is 0.350 e. The van der Waals surface area contributed by atoms with Crippen LogP contribution in [-0.4, -0.2) is 29.8 Å². The number of esters is 1. The molecule has 0 aliphatic rings. The summed E-state index contributed by atoms with van der Waals surface area (Å²) in [5, 5.41) is 4.36. The fourth-order valence-corrected chi connectivity index (χ4v) is 3.11. The number of ether oxygens (including phenoxy) is 1. The minimum Gasteiger partial charge on any atom is -0.465 e. The summed E-state index contributed by atoms with van der Waals surface area (Å²) < 4.78 is 4.67. The van der Waals surface area contributed by atoms with E-state index in [9.17, 15) is 14.4 Å². The number of carbonyl (C=O) groups is 3. The van der Waals surface area contributed by atoms with Crippen LogP contribution >= 0.6 is 11.3 Å². The third-order valence-corrected chi connectivity index (χ3v) is 4.20. The van der Waals surface area contributed by atoms with Crippen LogP contribution in [0.1, 0.15) is 48.7 Å². The first-order valence-electron chi connectivity index (χ1n) is 6.54. The number of anilines is 1. The van der Waals surface area contributed by atoms with E-state index in [2.05, 4.69) is 15.0 Å². The van der Waals surface area contributed by atoms with E-state index in [1.165, 1.54) is 25.4 Å². The molecule has 0 aromatic carbocycles. The van der Waals surface area contributed by atoms with Crippen LogP contribution in [-0.2, 0) is 4.74 Å². The summed E-state index contributed by atoms with van der Waals surface area (Å²) >= 11 is 1.18. The van der Waals surface area contributed by atoms with E-state index in [1.54, 1.807) is 25.3 Å². The molecule has 0 spiro atoms. The molecule has 2 aromatic rings. The van der Waals surface area contributed by atoms with Gasteiger partial charge in [0, 0.05) is 11.3 Å². The summed E-state index contributed by atoms with van der Waals surface area (Å²) in [7, 11) is 1.28. The lowest BCUT2D eigenvalue weighted by molar-refractivity contribution is 0.0607. The number of thiophene rings is 1. The summed E-state index contributed by atoms with van der Waals surface area (Å²) in [6.45, 7) is 4.91. The molecule has 2 heterocycles. The molecule has 1 amide bonds. The van der Waals surface area contributed by atoms with Crippen LogP contribution in [0.5, 0.6) is 0 Å². The number of aromatic nitrogens is 1. The molecule has 7 heteroatoms. The number of carbonyl (C=O) groups excluding carboxylic acids is 3. The highest BCUT2D eigenvalue weighted by Gasteiger charge is 2.22. The van der Waals surface area contributed by atoms with Gasteiger partial charge in [-0.15, -0.1) is 11.3 Å². The summed E-state index contributed by atoms with van der Waals surface area (Å²) in [6.07, 6.45) is 0. The lowest BCUT2D eigenvalue weighted by atomic mass is 10.1. The lowest BCUT2D eigenvalue weighted by Crippen LogP contribution is -2.15. The van der Waals surface area contributed by atoms with Crippen LogP contribution in [0.15, 0.2) is 11.4 Å². The number of ketones is 1. The predicted octanol–water partition coefficient (Wildman–Crippen LogP) is 2.93. The number of hydrogen-bond donors (Lipinski definition) is 2. The van der Waals surface area contributed by atoms with Crippen molar-refractivity contribution >= 4 is 34.7 Å². The summed E-state index contributed by atoms with van der Waals surface area (Å²) in [5.41, 5.74) is 2.46. The van der Waals surface area contributed by atoms with Gasteiger partial charge in [-0.2, -0.15) is 0 Å². The second-order valence-electron chi connectivity index (χ2n) is 4.79. The minimum absolute atomic E-state index is 0.101. The van der Waals surface area contributed by atoms with Crippen molar-refractivity contribution in [3.63, 3.8) is 0 Å². The molecule has 0 saturated carbocycles. The number of hydrogen-bond acceptors (Lipinski definition) is 5. The first-order chi connectivity index (χ1) is 10.4. The van der Waals surface area contributed by atoms with Crippen molar-refractivity contribution < 1.29 is 19.1 Å². The van der Waals surface area contributed by atoms with Gasteiger partial charge >= 0.3 is 5.97 Å². The van der Waals surface area contributed by atoms with Gasteiger partial charge in [-0.1, -0.05) is 0 Å².